The van der Waals surface area contributed by atoms with E-state index in [1.165, 1.54) is 0 Å². The summed E-state index contributed by atoms with van der Waals surface area (Å²) in [6.07, 6.45) is -33.2. The van der Waals surface area contributed by atoms with Crippen molar-refractivity contribution in [3.63, 3.8) is 0 Å². The van der Waals surface area contributed by atoms with Gasteiger partial charge in [-0.25, -0.2) is 0 Å². The molecule has 252 valence electrons. The van der Waals surface area contributed by atoms with Crippen molar-refractivity contribution in [1.29, 1.82) is 0 Å². The first kappa shape index (κ1) is 36.8. The van der Waals surface area contributed by atoms with Gasteiger partial charge in [-0.2, -0.15) is 79.0 Å². The van der Waals surface area contributed by atoms with Crippen LogP contribution in [0, 0.1) is 0 Å². The third kappa shape index (κ3) is 9.67. The summed E-state index contributed by atoms with van der Waals surface area (Å²) >= 11 is -5.07. The fourth-order valence-electron chi connectivity index (χ4n) is 3.39. The van der Waals surface area contributed by atoms with E-state index in [2.05, 4.69) is 0 Å². The highest BCUT2D eigenvalue weighted by molar-refractivity contribution is 6.39. The lowest BCUT2D eigenvalue weighted by atomic mass is 10.1. The van der Waals surface area contributed by atoms with Crippen LogP contribution in [0.3, 0.4) is 0 Å². The molecule has 0 heterocycles. The topological polar surface area (TPSA) is 27.7 Å². The maximum Gasteiger partial charge on any atom is 1.20 e. The van der Waals surface area contributed by atoms with Crippen molar-refractivity contribution in [2.75, 3.05) is 0 Å². The SMILES string of the molecule is FC(F)(F)c1cc([O][Al]([O]c2cc(C(F)(F)F)cc(C(F)(F)F)c2)[O]c2cc(C(F)(F)F)cc(C(F)(F)F)c2)cc(C(F)(F)F)c1. The minimum absolute atomic E-state index is 0.178. The smallest absolute Gasteiger partial charge is 0.577 e. The largest absolute Gasteiger partial charge is 1.20 e. The Balaban J connectivity index is 2.23. The van der Waals surface area contributed by atoms with E-state index in [1.807, 2.05) is 0 Å². The van der Waals surface area contributed by atoms with E-state index in [0.29, 0.717) is 0 Å². The molecule has 3 rings (SSSR count). The zero-order chi connectivity index (χ0) is 35.3. The van der Waals surface area contributed by atoms with Crippen LogP contribution in [0.25, 0.3) is 0 Å². The molecule has 0 aliphatic rings. The highest BCUT2D eigenvalue weighted by Gasteiger charge is 2.48. The summed E-state index contributed by atoms with van der Waals surface area (Å²) in [5.41, 5.74) is -12.5. The molecule has 3 aromatic rings. The van der Waals surface area contributed by atoms with Gasteiger partial charge in [0, 0.05) is 0 Å². The monoisotopic (exact) mass is 714 g/mol. The van der Waals surface area contributed by atoms with Crippen LogP contribution in [-0.4, -0.2) is 15.1 Å². The van der Waals surface area contributed by atoms with Crippen LogP contribution in [0.1, 0.15) is 33.4 Å². The number of hydrogen-bond acceptors (Lipinski definition) is 3. The van der Waals surface area contributed by atoms with Gasteiger partial charge in [0.25, 0.3) is 0 Å². The Bertz CT molecular complexity index is 1270. The molecule has 0 saturated carbocycles. The highest BCUT2D eigenvalue weighted by Crippen LogP contribution is 2.42. The van der Waals surface area contributed by atoms with Crippen LogP contribution >= 0.6 is 0 Å². The van der Waals surface area contributed by atoms with E-state index in [0.717, 1.165) is 0 Å². The van der Waals surface area contributed by atoms with Crippen LogP contribution in [0.4, 0.5) is 79.0 Å². The number of hydrogen-bond donors (Lipinski definition) is 0. The van der Waals surface area contributed by atoms with Crippen molar-refractivity contribution in [1.82, 2.24) is 0 Å². The number of rotatable bonds is 6. The summed E-state index contributed by atoms with van der Waals surface area (Å²) in [6.45, 7) is 0. The fraction of sp³-hybridized carbons (Fsp3) is 0.250. The maximum absolute atomic E-state index is 13.3. The zero-order valence-electron chi connectivity index (χ0n) is 21.3. The third-order valence-corrected chi connectivity index (χ3v) is 6.77. The molecule has 46 heavy (non-hydrogen) atoms. The average Bonchev–Trinajstić information content (AvgIpc) is 2.85. The van der Waals surface area contributed by atoms with Gasteiger partial charge >= 0.3 is 52.2 Å². The predicted molar refractivity (Wildman–Crippen MR) is 117 cm³/mol. The average molecular weight is 714 g/mol. The minimum atomic E-state index is -5.54. The molecule has 0 unspecified atom stereocenters. The lowest BCUT2D eigenvalue weighted by Crippen LogP contribution is -2.37. The molecule has 0 bridgehead atoms. The quantitative estimate of drug-likeness (QED) is 0.188. The summed E-state index contributed by atoms with van der Waals surface area (Å²) in [6, 6.07) is -2.37. The van der Waals surface area contributed by atoms with Crippen molar-refractivity contribution in [2.24, 2.45) is 0 Å². The Morgan fingerprint density at radius 3 is 0.565 bits per heavy atom. The lowest BCUT2D eigenvalue weighted by molar-refractivity contribution is -0.144. The number of benzene rings is 3. The van der Waals surface area contributed by atoms with Gasteiger partial charge in [-0.3, -0.25) is 0 Å². The molecule has 0 atom stereocenters. The van der Waals surface area contributed by atoms with Gasteiger partial charge in [0.15, 0.2) is 0 Å². The second-order valence-corrected chi connectivity index (χ2v) is 10.2. The van der Waals surface area contributed by atoms with Gasteiger partial charge in [-0.15, -0.1) is 0 Å². The van der Waals surface area contributed by atoms with Crippen molar-refractivity contribution in [3.8, 4) is 17.2 Å². The Hall–Kier alpha value is -3.67. The Morgan fingerprint density at radius 2 is 0.435 bits per heavy atom. The molecule has 0 aliphatic carbocycles. The van der Waals surface area contributed by atoms with E-state index in [9.17, 15) is 79.0 Å². The molecule has 0 aromatic heterocycles. The van der Waals surface area contributed by atoms with E-state index in [4.69, 9.17) is 11.4 Å². The van der Waals surface area contributed by atoms with Crippen LogP contribution < -0.4 is 11.4 Å². The Labute approximate surface area is 248 Å². The van der Waals surface area contributed by atoms with Crippen LogP contribution in [0.5, 0.6) is 17.2 Å². The molecule has 0 N–H and O–H groups in total. The summed E-state index contributed by atoms with van der Waals surface area (Å²) in [5, 5.41) is 0. The standard InChI is InChI=1S/3C8H4F6O.Al/c3*9-7(10,11)4-1-5(8(12,13)14)3-6(15)2-4;/h3*1-3,15H;/q;;;+3/p-3. The van der Waals surface area contributed by atoms with Crippen LogP contribution in [0.15, 0.2) is 54.6 Å². The number of alkyl halides is 18. The molecular weight excluding hydrogens is 705 g/mol. The summed E-state index contributed by atoms with van der Waals surface area (Å²) in [5.74, 6) is -4.61. The molecule has 0 spiro atoms. The molecule has 3 nitrogen and oxygen atoms in total. The van der Waals surface area contributed by atoms with E-state index in [1.54, 1.807) is 0 Å². The van der Waals surface area contributed by atoms with E-state index >= 15 is 0 Å². The molecule has 0 radical (unpaired) electrons. The van der Waals surface area contributed by atoms with Gasteiger partial charge in [0.1, 0.15) is 0 Å². The molecule has 22 heteroatoms. The van der Waals surface area contributed by atoms with Crippen molar-refractivity contribution >= 4 is 15.1 Å². The summed E-state index contributed by atoms with van der Waals surface area (Å²) in [7, 11) is 0. The second-order valence-electron chi connectivity index (χ2n) is 8.87. The van der Waals surface area contributed by atoms with Gasteiger partial charge in [-0.05, 0) is 54.6 Å². The van der Waals surface area contributed by atoms with Gasteiger partial charge in [0.2, 0.25) is 0 Å². The van der Waals surface area contributed by atoms with Crippen molar-refractivity contribution in [2.45, 2.75) is 37.1 Å². The van der Waals surface area contributed by atoms with E-state index in [-0.39, 0.29) is 36.4 Å². The molecule has 3 aromatic carbocycles. The molecular formula is C24H9AlF18O3. The first-order valence-corrected chi connectivity index (χ1v) is 12.8. The second kappa shape index (κ2) is 12.2. The molecule has 0 amide bonds. The Kier molecular flexibility index (Phi) is 9.73. The molecule has 0 saturated heterocycles. The normalized spacial score (nSPS) is 13.4. The first-order valence-electron chi connectivity index (χ1n) is 11.4. The van der Waals surface area contributed by atoms with Crippen LogP contribution in [-0.2, 0) is 37.1 Å². The zero-order valence-corrected chi connectivity index (χ0v) is 22.5. The van der Waals surface area contributed by atoms with Gasteiger partial charge < -0.3 is 11.4 Å². The lowest BCUT2D eigenvalue weighted by Gasteiger charge is -2.21. The summed E-state index contributed by atoms with van der Waals surface area (Å²) in [4.78, 5) is 0. The van der Waals surface area contributed by atoms with Crippen molar-refractivity contribution < 1.29 is 90.4 Å². The van der Waals surface area contributed by atoms with Crippen molar-refractivity contribution in [3.05, 3.63) is 88.0 Å². The fourth-order valence-corrected chi connectivity index (χ4v) is 4.61. The Morgan fingerprint density at radius 1 is 0.283 bits per heavy atom. The number of halogens is 18. The summed E-state index contributed by atoms with van der Waals surface area (Å²) < 4.78 is 254. The maximum atomic E-state index is 13.3. The highest BCUT2D eigenvalue weighted by atomic mass is 27.3. The molecule has 0 fully saturated rings. The minimum Gasteiger partial charge on any atom is -0.577 e. The molecule has 0 aliphatic heterocycles. The van der Waals surface area contributed by atoms with Gasteiger partial charge in [-0.1, -0.05) is 0 Å². The predicted octanol–water partition coefficient (Wildman–Crippen LogP) is 10.3. The van der Waals surface area contributed by atoms with Gasteiger partial charge in [0.05, 0.1) is 50.6 Å². The van der Waals surface area contributed by atoms with E-state index < -0.39 is 121 Å². The first-order chi connectivity index (χ1) is 20.5. The van der Waals surface area contributed by atoms with Crippen LogP contribution in [0.2, 0.25) is 0 Å². The third-order valence-electron chi connectivity index (χ3n) is 5.38.